The molecule has 0 radical (unpaired) electrons. The van der Waals surface area contributed by atoms with Gasteiger partial charge in [0.1, 0.15) is 0 Å². The van der Waals surface area contributed by atoms with Gasteiger partial charge in [0.25, 0.3) is 11.8 Å². The van der Waals surface area contributed by atoms with Gasteiger partial charge in [0.2, 0.25) is 0 Å². The molecule has 2 N–H and O–H groups in total. The lowest BCUT2D eigenvalue weighted by Gasteiger charge is -2.27. The molecule has 94 valence electrons. The predicted octanol–water partition coefficient (Wildman–Crippen LogP) is 2.05. The zero-order chi connectivity index (χ0) is 13.1. The minimum absolute atomic E-state index is 0.0655. The number of hydrogen-bond acceptors (Lipinski definition) is 3. The summed E-state index contributed by atoms with van der Waals surface area (Å²) in [5.74, 6) is -0.448. The van der Waals surface area contributed by atoms with Crippen molar-refractivity contribution >= 4 is 17.5 Å². The Hall–Kier alpha value is -1.84. The molecule has 18 heavy (non-hydrogen) atoms. The average molecular weight is 244 g/mol. The molecule has 1 atom stereocenters. The van der Waals surface area contributed by atoms with Crippen LogP contribution in [-0.2, 0) is 0 Å². The number of fused-ring (bicyclic) bond motifs is 1. The maximum Gasteiger partial charge on any atom is 0.263 e. The predicted molar refractivity (Wildman–Crippen MR) is 68.2 cm³/mol. The molecule has 4 heteroatoms. The van der Waals surface area contributed by atoms with E-state index < -0.39 is 0 Å². The summed E-state index contributed by atoms with van der Waals surface area (Å²) in [4.78, 5) is 26.1. The first kappa shape index (κ1) is 11.3. The van der Waals surface area contributed by atoms with Crippen LogP contribution in [0.3, 0.4) is 0 Å². The summed E-state index contributed by atoms with van der Waals surface area (Å²) >= 11 is 0. The Labute approximate surface area is 106 Å². The Morgan fingerprint density at radius 2 is 1.94 bits per heavy atom. The van der Waals surface area contributed by atoms with Crippen LogP contribution >= 0.6 is 0 Å². The number of nitrogens with zero attached hydrogens (tertiary/aromatic N) is 1. The molecule has 1 aliphatic carbocycles. The van der Waals surface area contributed by atoms with Crippen LogP contribution in [0.1, 0.15) is 47.4 Å². The van der Waals surface area contributed by atoms with Crippen molar-refractivity contribution in [1.29, 1.82) is 0 Å². The first-order valence-electron chi connectivity index (χ1n) is 6.22. The number of hydrogen-bond donors (Lipinski definition) is 1. The topological polar surface area (TPSA) is 63.4 Å². The van der Waals surface area contributed by atoms with E-state index in [1.807, 2.05) is 6.92 Å². The Balaban J connectivity index is 2.05. The average Bonchev–Trinajstić information content (AvgIpc) is 3.02. The quantitative estimate of drug-likeness (QED) is 0.639. The van der Waals surface area contributed by atoms with Crippen LogP contribution in [-0.4, -0.2) is 22.8 Å². The number of anilines is 1. The van der Waals surface area contributed by atoms with Crippen LogP contribution in [0.25, 0.3) is 0 Å². The van der Waals surface area contributed by atoms with Crippen molar-refractivity contribution in [3.05, 3.63) is 29.3 Å². The summed E-state index contributed by atoms with van der Waals surface area (Å²) < 4.78 is 0. The fraction of sp³-hybridized carbons (Fsp3) is 0.429. The van der Waals surface area contributed by atoms with Gasteiger partial charge < -0.3 is 5.73 Å². The number of carbonyl (C=O) groups excluding carboxylic acids is 2. The maximum atomic E-state index is 12.4. The Morgan fingerprint density at radius 3 is 2.50 bits per heavy atom. The van der Waals surface area contributed by atoms with Crippen molar-refractivity contribution in [2.24, 2.45) is 5.41 Å². The van der Waals surface area contributed by atoms with Gasteiger partial charge in [-0.3, -0.25) is 14.5 Å². The van der Waals surface area contributed by atoms with Gasteiger partial charge in [-0.25, -0.2) is 0 Å². The number of carbonyl (C=O) groups is 2. The summed E-state index contributed by atoms with van der Waals surface area (Å²) in [6, 6.07) is 4.99. The van der Waals surface area contributed by atoms with Crippen LogP contribution in [0.2, 0.25) is 0 Å². The Bertz CT molecular complexity index is 561. The lowest BCUT2D eigenvalue weighted by Crippen LogP contribution is -2.42. The van der Waals surface area contributed by atoms with Crippen molar-refractivity contribution in [3.63, 3.8) is 0 Å². The Morgan fingerprint density at radius 1 is 1.28 bits per heavy atom. The van der Waals surface area contributed by atoms with Crippen molar-refractivity contribution in [2.45, 2.75) is 32.7 Å². The van der Waals surface area contributed by atoms with Crippen molar-refractivity contribution in [3.8, 4) is 0 Å². The molecule has 0 aromatic heterocycles. The summed E-state index contributed by atoms with van der Waals surface area (Å²) in [5.41, 5.74) is 7.10. The molecule has 4 nitrogen and oxygen atoms in total. The minimum atomic E-state index is -0.242. The second-order valence-electron chi connectivity index (χ2n) is 5.58. The van der Waals surface area contributed by atoms with Gasteiger partial charge in [-0.2, -0.15) is 0 Å². The molecule has 1 unspecified atom stereocenters. The molecule has 1 fully saturated rings. The third kappa shape index (κ3) is 1.32. The van der Waals surface area contributed by atoms with Gasteiger partial charge in [-0.05, 0) is 37.3 Å². The molecular weight excluding hydrogens is 228 g/mol. The van der Waals surface area contributed by atoms with Gasteiger partial charge in [0.15, 0.2) is 0 Å². The zero-order valence-corrected chi connectivity index (χ0v) is 10.6. The molecule has 0 bridgehead atoms. The van der Waals surface area contributed by atoms with Crippen molar-refractivity contribution < 1.29 is 9.59 Å². The number of benzene rings is 1. The highest BCUT2D eigenvalue weighted by Gasteiger charge is 2.51. The highest BCUT2D eigenvalue weighted by Crippen LogP contribution is 2.51. The molecule has 0 spiro atoms. The summed E-state index contributed by atoms with van der Waals surface area (Å²) in [5, 5.41) is 0. The van der Waals surface area contributed by atoms with Gasteiger partial charge in [0.05, 0.1) is 11.1 Å². The molecule has 1 aromatic carbocycles. The summed E-state index contributed by atoms with van der Waals surface area (Å²) in [6.07, 6.45) is 2.13. The minimum Gasteiger partial charge on any atom is -0.398 e. The van der Waals surface area contributed by atoms with Gasteiger partial charge in [-0.15, -0.1) is 0 Å². The fourth-order valence-corrected chi connectivity index (χ4v) is 2.61. The highest BCUT2D eigenvalue weighted by molar-refractivity contribution is 6.23. The summed E-state index contributed by atoms with van der Waals surface area (Å²) in [7, 11) is 0. The fourth-order valence-electron chi connectivity index (χ4n) is 2.61. The van der Waals surface area contributed by atoms with Crippen LogP contribution in [0, 0.1) is 5.41 Å². The standard InChI is InChI=1S/C14H16N2O2/c1-8(14(2)6-7-14)16-12(17)9-4-3-5-10(15)11(9)13(16)18/h3-5,8H,6-7,15H2,1-2H3. The van der Waals surface area contributed by atoms with E-state index >= 15 is 0 Å². The number of amides is 2. The highest BCUT2D eigenvalue weighted by atomic mass is 16.2. The number of nitrogens with two attached hydrogens (primary N) is 1. The third-order valence-corrected chi connectivity index (χ3v) is 4.41. The number of imide groups is 1. The molecule has 0 saturated heterocycles. The molecule has 1 aromatic rings. The SMILES string of the molecule is CC(N1C(=O)c2cccc(N)c2C1=O)C1(C)CC1. The van der Waals surface area contributed by atoms with Crippen molar-refractivity contribution in [1.82, 2.24) is 4.90 Å². The smallest absolute Gasteiger partial charge is 0.263 e. The van der Waals surface area contributed by atoms with Gasteiger partial charge in [0, 0.05) is 11.7 Å². The molecule has 2 aliphatic rings. The van der Waals surface area contributed by atoms with E-state index in [0.29, 0.717) is 16.8 Å². The van der Waals surface area contributed by atoms with E-state index in [2.05, 4.69) is 6.92 Å². The largest absolute Gasteiger partial charge is 0.398 e. The summed E-state index contributed by atoms with van der Waals surface area (Å²) in [6.45, 7) is 4.06. The van der Waals surface area contributed by atoms with E-state index in [9.17, 15) is 9.59 Å². The van der Waals surface area contributed by atoms with E-state index in [0.717, 1.165) is 12.8 Å². The van der Waals surface area contributed by atoms with Crippen molar-refractivity contribution in [2.75, 3.05) is 5.73 Å². The number of rotatable bonds is 2. The first-order chi connectivity index (χ1) is 8.46. The molecule has 1 heterocycles. The molecule has 1 aliphatic heterocycles. The normalized spacial score (nSPS) is 22.0. The number of nitrogen functional groups attached to an aromatic ring is 1. The van der Waals surface area contributed by atoms with E-state index in [1.54, 1.807) is 18.2 Å². The molecule has 3 rings (SSSR count). The second kappa shape index (κ2) is 3.34. The van der Waals surface area contributed by atoms with Crippen LogP contribution < -0.4 is 5.73 Å². The Kier molecular flexibility index (Phi) is 2.09. The van der Waals surface area contributed by atoms with Crippen LogP contribution in [0.5, 0.6) is 0 Å². The molecular formula is C14H16N2O2. The lowest BCUT2D eigenvalue weighted by molar-refractivity contribution is 0.0537. The van der Waals surface area contributed by atoms with E-state index in [1.165, 1.54) is 4.90 Å². The lowest BCUT2D eigenvalue weighted by atomic mass is 9.99. The van der Waals surface area contributed by atoms with E-state index in [-0.39, 0.29) is 23.3 Å². The maximum absolute atomic E-state index is 12.4. The molecule has 2 amide bonds. The molecule has 1 saturated carbocycles. The first-order valence-corrected chi connectivity index (χ1v) is 6.22. The van der Waals surface area contributed by atoms with Crippen LogP contribution in [0.4, 0.5) is 5.69 Å². The second-order valence-corrected chi connectivity index (χ2v) is 5.58. The van der Waals surface area contributed by atoms with E-state index in [4.69, 9.17) is 5.73 Å². The van der Waals surface area contributed by atoms with Gasteiger partial charge >= 0.3 is 0 Å². The third-order valence-electron chi connectivity index (χ3n) is 4.41. The monoisotopic (exact) mass is 244 g/mol. The van der Waals surface area contributed by atoms with Gasteiger partial charge in [-0.1, -0.05) is 13.0 Å². The van der Waals surface area contributed by atoms with Crippen LogP contribution in [0.15, 0.2) is 18.2 Å². The zero-order valence-electron chi connectivity index (χ0n) is 10.6.